The predicted octanol–water partition coefficient (Wildman–Crippen LogP) is 4.56. The third kappa shape index (κ3) is 2.84. The molecule has 16 heavy (non-hydrogen) atoms. The van der Waals surface area contributed by atoms with Crippen LogP contribution in [0.2, 0.25) is 0 Å². The maximum atomic E-state index is 5.75. The van der Waals surface area contributed by atoms with Gasteiger partial charge >= 0.3 is 0 Å². The van der Waals surface area contributed by atoms with Gasteiger partial charge in [-0.15, -0.1) is 0 Å². The molecule has 0 fully saturated rings. The van der Waals surface area contributed by atoms with Gasteiger partial charge < -0.3 is 4.67 Å². The first-order valence-corrected chi connectivity index (χ1v) is 5.45. The number of anilines is 2. The summed E-state index contributed by atoms with van der Waals surface area (Å²) in [5.74, 6) is 0. The summed E-state index contributed by atoms with van der Waals surface area (Å²) < 4.78 is 7.85. The fourth-order valence-electron chi connectivity index (χ4n) is 1.44. The molecule has 0 aromatic heterocycles. The van der Waals surface area contributed by atoms with E-state index in [1.165, 1.54) is 24.3 Å². The van der Waals surface area contributed by atoms with Gasteiger partial charge in [-0.05, 0) is 40.6 Å². The van der Waals surface area contributed by atoms with Gasteiger partial charge in [-0.25, -0.2) is 0 Å². The van der Waals surface area contributed by atoms with Gasteiger partial charge in [0, 0.05) is 12.7 Å². The van der Waals surface area contributed by atoms with Crippen molar-refractivity contribution in [1.82, 2.24) is 0 Å². The zero-order valence-electron chi connectivity index (χ0n) is 10.7. The Bertz CT molecular complexity index is 428. The van der Waals surface area contributed by atoms with Crippen LogP contribution in [0.5, 0.6) is 0 Å². The molecule has 0 aliphatic carbocycles. The van der Waals surface area contributed by atoms with E-state index >= 15 is 0 Å². The number of para-hydroxylation sites is 1. The van der Waals surface area contributed by atoms with Gasteiger partial charge in [0.05, 0.1) is 0 Å². The molecule has 2 aromatic rings. The van der Waals surface area contributed by atoms with Gasteiger partial charge in [-0.3, -0.25) is 0 Å². The molecule has 0 N–H and O–H groups in total. The lowest BCUT2D eigenvalue weighted by Crippen LogP contribution is -1.99. The summed E-state index contributed by atoms with van der Waals surface area (Å²) in [6.07, 6.45) is 0. The molecule has 0 spiro atoms. The van der Waals surface area contributed by atoms with Crippen molar-refractivity contribution in [3.63, 3.8) is 0 Å². The van der Waals surface area contributed by atoms with Crippen LogP contribution in [0, 0.1) is 6.92 Å². The van der Waals surface area contributed by atoms with Crippen LogP contribution in [-0.2, 0) is 0 Å². The van der Waals surface area contributed by atoms with Crippen molar-refractivity contribution < 1.29 is 1.37 Å². The Morgan fingerprint density at radius 3 is 2.00 bits per heavy atom. The lowest BCUT2D eigenvalue weighted by atomic mass is 10.2. The van der Waals surface area contributed by atoms with Crippen LogP contribution in [0.4, 0.5) is 11.4 Å². The Morgan fingerprint density at radius 2 is 1.44 bits per heavy atom. The molecule has 0 aliphatic heterocycles. The first-order chi connectivity index (χ1) is 8.27. The second kappa shape index (κ2) is 5.67. The molecule has 0 amide bonds. The van der Waals surface area contributed by atoms with Gasteiger partial charge in [-0.2, -0.15) is 0 Å². The number of aryl methyl sites for hydroxylation is 1. The molecule has 1 unspecified atom stereocenters. The number of rotatable bonds is 2. The highest BCUT2D eigenvalue weighted by atomic mass is 31.0. The molecule has 1 atom stereocenters. The summed E-state index contributed by atoms with van der Waals surface area (Å²) in [5.41, 5.74) is 3.63. The fourth-order valence-corrected chi connectivity index (χ4v) is 1.79. The van der Waals surface area contributed by atoms with Crippen molar-refractivity contribution in [1.29, 1.82) is 0 Å². The van der Waals surface area contributed by atoms with E-state index in [1.54, 1.807) is 0 Å². The molecule has 0 aliphatic rings. The first-order valence-electron chi connectivity index (χ1n) is 5.94. The molecular formula is C14H18NP. The van der Waals surface area contributed by atoms with Crippen LogP contribution in [-0.4, -0.2) is 0 Å². The minimum atomic E-state index is 1.17. The molecule has 1 nitrogen and oxygen atoms in total. The van der Waals surface area contributed by atoms with Gasteiger partial charge in [0.1, 0.15) is 0 Å². The maximum absolute atomic E-state index is 5.75. The Balaban J connectivity index is 0.000000686. The average Bonchev–Trinajstić information content (AvgIpc) is 2.42. The van der Waals surface area contributed by atoms with E-state index in [2.05, 4.69) is 57.4 Å². The molecule has 0 heterocycles. The largest absolute Gasteiger partial charge is 0.326 e. The number of hydrogen-bond donors (Lipinski definition) is 0. The number of hydrogen-bond acceptors (Lipinski definition) is 1. The number of nitrogens with zero attached hydrogens (tertiary/aromatic N) is 1. The number of benzene rings is 2. The maximum Gasteiger partial charge on any atom is 0.0441 e. The average molecular weight is 233 g/mol. The van der Waals surface area contributed by atoms with Gasteiger partial charge in [-0.1, -0.05) is 43.3 Å². The van der Waals surface area contributed by atoms with Crippen molar-refractivity contribution in [3.05, 3.63) is 60.2 Å². The lowest BCUT2D eigenvalue weighted by molar-refractivity contribution is 1.40. The van der Waals surface area contributed by atoms with Crippen molar-refractivity contribution in [2.24, 2.45) is 0 Å². The van der Waals surface area contributed by atoms with Crippen molar-refractivity contribution >= 4 is 20.8 Å². The van der Waals surface area contributed by atoms with Crippen LogP contribution < -0.4 is 4.67 Å². The standard InChI is InChI=1S/C13H14NP.CH4/c1-11-7-9-13(10-8-11)14(15)12-5-3-2-4-6-12;/h2-10H,15H2,1H3;1H4/i;1T. The molecule has 0 saturated heterocycles. The molecule has 84 valence electrons. The van der Waals surface area contributed by atoms with Gasteiger partial charge in [0.15, 0.2) is 0 Å². The summed E-state index contributed by atoms with van der Waals surface area (Å²) in [6, 6.07) is 18.8. The minimum absolute atomic E-state index is 1.17. The quantitative estimate of drug-likeness (QED) is 0.687. The summed E-state index contributed by atoms with van der Waals surface area (Å²) >= 11 is 0. The SMILES string of the molecule is Cc1ccc(N(P)c2ccccc2)cc1.[3H]C. The Labute approximate surface area is 102 Å². The van der Waals surface area contributed by atoms with Crippen molar-refractivity contribution in [2.45, 2.75) is 14.3 Å². The summed E-state index contributed by atoms with van der Waals surface area (Å²) in [7, 11) is 3.99. The Kier molecular flexibility index (Phi) is 3.96. The van der Waals surface area contributed by atoms with E-state index in [0.717, 1.165) is 0 Å². The van der Waals surface area contributed by atoms with E-state index < -0.39 is 0 Å². The highest BCUT2D eigenvalue weighted by molar-refractivity contribution is 7.19. The van der Waals surface area contributed by atoms with E-state index in [1.807, 2.05) is 18.2 Å². The molecular weight excluding hydrogens is 213 g/mol. The lowest BCUT2D eigenvalue weighted by Gasteiger charge is -2.18. The Hall–Kier alpha value is -1.33. The van der Waals surface area contributed by atoms with Crippen molar-refractivity contribution in [2.75, 3.05) is 4.67 Å². The minimum Gasteiger partial charge on any atom is -0.326 e. The van der Waals surface area contributed by atoms with E-state index in [4.69, 9.17) is 1.37 Å². The topological polar surface area (TPSA) is 3.24 Å². The van der Waals surface area contributed by atoms with E-state index in [9.17, 15) is 0 Å². The third-order valence-corrected chi connectivity index (χ3v) is 2.94. The second-order valence-corrected chi connectivity index (χ2v) is 4.06. The van der Waals surface area contributed by atoms with Crippen LogP contribution in [0.1, 0.15) is 14.3 Å². The van der Waals surface area contributed by atoms with Gasteiger partial charge in [0.2, 0.25) is 0 Å². The first kappa shape index (κ1) is 11.2. The molecule has 0 radical (unpaired) electrons. The molecule has 0 saturated carbocycles. The molecule has 2 heteroatoms. The molecule has 0 bridgehead atoms. The van der Waals surface area contributed by atoms with Crippen LogP contribution in [0.15, 0.2) is 54.6 Å². The summed E-state index contributed by atoms with van der Waals surface area (Å²) in [5, 5.41) is 0. The normalized spacial score (nSPS) is 9.81. The Morgan fingerprint density at radius 1 is 0.938 bits per heavy atom. The highest BCUT2D eigenvalue weighted by Gasteiger charge is 2.01. The zero-order valence-corrected chi connectivity index (χ0v) is 10.9. The van der Waals surface area contributed by atoms with Crippen molar-refractivity contribution in [3.8, 4) is 0 Å². The highest BCUT2D eigenvalue weighted by Crippen LogP contribution is 2.28. The van der Waals surface area contributed by atoms with Crippen LogP contribution >= 0.6 is 9.39 Å². The summed E-state index contributed by atoms with van der Waals surface area (Å²) in [4.78, 5) is 0. The molecule has 2 rings (SSSR count). The summed E-state index contributed by atoms with van der Waals surface area (Å²) in [6.45, 7) is 2.10. The van der Waals surface area contributed by atoms with Gasteiger partial charge in [0.25, 0.3) is 0 Å². The smallest absolute Gasteiger partial charge is 0.0441 e. The van der Waals surface area contributed by atoms with E-state index in [-0.39, 0.29) is 0 Å². The monoisotopic (exact) mass is 233 g/mol. The van der Waals surface area contributed by atoms with Crippen LogP contribution in [0.3, 0.4) is 0 Å². The predicted molar refractivity (Wildman–Crippen MR) is 76.2 cm³/mol. The third-order valence-electron chi connectivity index (χ3n) is 2.35. The fraction of sp³-hybridized carbons (Fsp3) is 0.143. The zero-order chi connectivity index (χ0) is 12.7. The second-order valence-electron chi connectivity index (χ2n) is 3.54. The van der Waals surface area contributed by atoms with E-state index in [0.29, 0.717) is 0 Å². The van der Waals surface area contributed by atoms with Crippen LogP contribution in [0.25, 0.3) is 0 Å². The molecule has 2 aromatic carbocycles.